The molecule has 1 aromatic heterocycles. The number of fused-ring (bicyclic) bond motifs is 1. The molecule has 1 aliphatic rings. The number of nitrogens with zero attached hydrogens (tertiary/aromatic N) is 1. The SMILES string of the molecule is O=C1CCSC(c2c[nH]c3ccccc23)N1CCSCCO. The Morgan fingerprint density at radius 2 is 2.23 bits per heavy atom. The number of aliphatic hydroxyl groups excluding tert-OH is 1. The Labute approximate surface area is 138 Å². The summed E-state index contributed by atoms with van der Waals surface area (Å²) in [5.41, 5.74) is 2.31. The maximum Gasteiger partial charge on any atom is 0.224 e. The van der Waals surface area contributed by atoms with E-state index in [1.165, 1.54) is 10.9 Å². The molecule has 0 radical (unpaired) electrons. The van der Waals surface area contributed by atoms with Crippen molar-refractivity contribution in [3.05, 3.63) is 36.0 Å². The molecule has 2 heterocycles. The van der Waals surface area contributed by atoms with Gasteiger partial charge in [-0.25, -0.2) is 0 Å². The number of H-pyrrole nitrogens is 1. The summed E-state index contributed by atoms with van der Waals surface area (Å²) in [6, 6.07) is 8.23. The number of carbonyl (C=O) groups is 1. The first-order valence-electron chi connectivity index (χ1n) is 7.47. The highest BCUT2D eigenvalue weighted by Crippen LogP contribution is 2.40. The van der Waals surface area contributed by atoms with Crippen LogP contribution in [0.15, 0.2) is 30.5 Å². The van der Waals surface area contributed by atoms with E-state index < -0.39 is 0 Å². The van der Waals surface area contributed by atoms with E-state index >= 15 is 0 Å². The first-order chi connectivity index (χ1) is 10.8. The molecule has 2 aromatic rings. The lowest BCUT2D eigenvalue weighted by molar-refractivity contribution is -0.131. The molecule has 6 heteroatoms. The minimum absolute atomic E-state index is 0.0899. The number of rotatable bonds is 6. The number of carbonyl (C=O) groups excluding carboxylic acids is 1. The Morgan fingerprint density at radius 1 is 1.36 bits per heavy atom. The molecule has 2 N–H and O–H groups in total. The summed E-state index contributed by atoms with van der Waals surface area (Å²) in [6.07, 6.45) is 2.66. The quantitative estimate of drug-likeness (QED) is 0.797. The van der Waals surface area contributed by atoms with E-state index in [-0.39, 0.29) is 17.9 Å². The van der Waals surface area contributed by atoms with Crippen molar-refractivity contribution in [2.45, 2.75) is 11.8 Å². The number of benzene rings is 1. The topological polar surface area (TPSA) is 56.3 Å². The average molecular weight is 336 g/mol. The summed E-state index contributed by atoms with van der Waals surface area (Å²) in [7, 11) is 0. The third-order valence-corrected chi connectivity index (χ3v) is 6.00. The van der Waals surface area contributed by atoms with Crippen LogP contribution in [0.3, 0.4) is 0 Å². The monoisotopic (exact) mass is 336 g/mol. The summed E-state index contributed by atoms with van der Waals surface area (Å²) in [5.74, 6) is 2.71. The fraction of sp³-hybridized carbons (Fsp3) is 0.438. The zero-order chi connectivity index (χ0) is 15.4. The largest absolute Gasteiger partial charge is 0.396 e. The van der Waals surface area contributed by atoms with Gasteiger partial charge in [0.15, 0.2) is 0 Å². The number of hydrogen-bond acceptors (Lipinski definition) is 4. The van der Waals surface area contributed by atoms with Gasteiger partial charge in [-0.1, -0.05) is 18.2 Å². The van der Waals surface area contributed by atoms with Crippen LogP contribution in [0, 0.1) is 0 Å². The van der Waals surface area contributed by atoms with Crippen molar-refractivity contribution in [2.75, 3.05) is 30.4 Å². The molecular formula is C16H20N2O2S2. The predicted molar refractivity (Wildman–Crippen MR) is 94.2 cm³/mol. The van der Waals surface area contributed by atoms with Crippen LogP contribution in [0.4, 0.5) is 0 Å². The molecule has 1 aliphatic heterocycles. The maximum absolute atomic E-state index is 12.3. The highest BCUT2D eigenvalue weighted by Gasteiger charge is 2.30. The number of aliphatic hydroxyl groups is 1. The van der Waals surface area contributed by atoms with E-state index in [9.17, 15) is 4.79 Å². The van der Waals surface area contributed by atoms with Crippen LogP contribution in [0.1, 0.15) is 17.4 Å². The smallest absolute Gasteiger partial charge is 0.224 e. The fourth-order valence-corrected chi connectivity index (χ4v) is 4.70. The lowest BCUT2D eigenvalue weighted by Gasteiger charge is -2.35. The molecule has 3 rings (SSSR count). The predicted octanol–water partition coefficient (Wildman–Crippen LogP) is 2.86. The first kappa shape index (κ1) is 15.8. The number of amides is 1. The molecule has 0 saturated carbocycles. The highest BCUT2D eigenvalue weighted by molar-refractivity contribution is 7.99. The number of aromatic amines is 1. The van der Waals surface area contributed by atoms with Gasteiger partial charge in [0, 0.05) is 52.9 Å². The van der Waals surface area contributed by atoms with Gasteiger partial charge in [0.1, 0.15) is 5.37 Å². The Kier molecular flexibility index (Phi) is 5.33. The minimum Gasteiger partial charge on any atom is -0.396 e. The lowest BCUT2D eigenvalue weighted by Crippen LogP contribution is -2.38. The summed E-state index contributed by atoms with van der Waals surface area (Å²) in [5, 5.41) is 10.2. The molecule has 0 aliphatic carbocycles. The van der Waals surface area contributed by atoms with Gasteiger partial charge in [-0.3, -0.25) is 4.79 Å². The molecule has 118 valence electrons. The molecule has 1 unspecified atom stereocenters. The van der Waals surface area contributed by atoms with Crippen LogP contribution in [0.2, 0.25) is 0 Å². The van der Waals surface area contributed by atoms with Gasteiger partial charge in [-0.2, -0.15) is 11.8 Å². The zero-order valence-electron chi connectivity index (χ0n) is 12.3. The lowest BCUT2D eigenvalue weighted by atomic mass is 10.1. The third-order valence-electron chi connectivity index (χ3n) is 3.79. The summed E-state index contributed by atoms with van der Waals surface area (Å²) < 4.78 is 0. The van der Waals surface area contributed by atoms with Gasteiger partial charge in [0.2, 0.25) is 5.91 Å². The Balaban J connectivity index is 1.81. The van der Waals surface area contributed by atoms with Gasteiger partial charge in [-0.15, -0.1) is 11.8 Å². The molecule has 1 fully saturated rings. The fourth-order valence-electron chi connectivity index (χ4n) is 2.75. The maximum atomic E-state index is 12.3. The van der Waals surface area contributed by atoms with Crippen molar-refractivity contribution in [2.24, 2.45) is 0 Å². The van der Waals surface area contributed by atoms with E-state index in [0.29, 0.717) is 6.42 Å². The molecule has 1 aromatic carbocycles. The van der Waals surface area contributed by atoms with Crippen molar-refractivity contribution >= 4 is 40.3 Å². The van der Waals surface area contributed by atoms with E-state index in [1.807, 2.05) is 35.0 Å². The molecule has 0 bridgehead atoms. The molecule has 1 atom stereocenters. The average Bonchev–Trinajstić information content (AvgIpc) is 2.96. The van der Waals surface area contributed by atoms with Crippen LogP contribution in [-0.4, -0.2) is 51.3 Å². The van der Waals surface area contributed by atoms with Crippen LogP contribution in [0.5, 0.6) is 0 Å². The van der Waals surface area contributed by atoms with Gasteiger partial charge in [0.05, 0.1) is 6.61 Å². The van der Waals surface area contributed by atoms with Crippen molar-refractivity contribution in [3.8, 4) is 0 Å². The molecular weight excluding hydrogens is 316 g/mol. The second kappa shape index (κ2) is 7.44. The van der Waals surface area contributed by atoms with Crippen LogP contribution >= 0.6 is 23.5 Å². The Morgan fingerprint density at radius 3 is 3.09 bits per heavy atom. The van der Waals surface area contributed by atoms with Crippen molar-refractivity contribution in [1.82, 2.24) is 9.88 Å². The van der Waals surface area contributed by atoms with Crippen molar-refractivity contribution in [3.63, 3.8) is 0 Å². The van der Waals surface area contributed by atoms with Crippen LogP contribution in [-0.2, 0) is 4.79 Å². The first-order valence-corrected chi connectivity index (χ1v) is 9.67. The summed E-state index contributed by atoms with van der Waals surface area (Å²) >= 11 is 3.53. The van der Waals surface area contributed by atoms with Crippen LogP contribution < -0.4 is 0 Å². The van der Waals surface area contributed by atoms with E-state index in [4.69, 9.17) is 5.11 Å². The standard InChI is InChI=1S/C16H20N2O2S2/c19-7-10-21-9-6-18-15(20)5-8-22-16(18)13-11-17-14-4-2-1-3-12(13)14/h1-4,11,16-17,19H,5-10H2. The van der Waals surface area contributed by atoms with Gasteiger partial charge >= 0.3 is 0 Å². The molecule has 4 nitrogen and oxygen atoms in total. The zero-order valence-corrected chi connectivity index (χ0v) is 14.0. The minimum atomic E-state index is 0.0899. The highest BCUT2D eigenvalue weighted by atomic mass is 32.2. The Hall–Kier alpha value is -1.11. The number of aromatic nitrogens is 1. The second-order valence-corrected chi connectivity index (χ2v) is 7.60. The van der Waals surface area contributed by atoms with E-state index in [0.717, 1.165) is 29.3 Å². The number of nitrogens with one attached hydrogen (secondary N) is 1. The van der Waals surface area contributed by atoms with Gasteiger partial charge in [0.25, 0.3) is 0 Å². The Bertz CT molecular complexity index is 644. The van der Waals surface area contributed by atoms with Gasteiger partial charge in [-0.05, 0) is 6.07 Å². The molecule has 1 amide bonds. The van der Waals surface area contributed by atoms with Crippen LogP contribution in [0.25, 0.3) is 10.9 Å². The molecule has 22 heavy (non-hydrogen) atoms. The number of para-hydroxylation sites is 1. The molecule has 0 spiro atoms. The van der Waals surface area contributed by atoms with E-state index in [2.05, 4.69) is 17.1 Å². The van der Waals surface area contributed by atoms with E-state index in [1.54, 1.807) is 11.8 Å². The van der Waals surface area contributed by atoms with Gasteiger partial charge < -0.3 is 15.0 Å². The van der Waals surface area contributed by atoms with Crippen molar-refractivity contribution < 1.29 is 9.90 Å². The summed E-state index contributed by atoms with van der Waals surface area (Å²) in [4.78, 5) is 17.6. The molecule has 1 saturated heterocycles. The number of hydrogen-bond donors (Lipinski definition) is 2. The third kappa shape index (κ3) is 3.29. The normalized spacial score (nSPS) is 19.0. The summed E-state index contributed by atoms with van der Waals surface area (Å²) in [6.45, 7) is 0.930. The number of thioether (sulfide) groups is 2. The van der Waals surface area contributed by atoms with Crippen molar-refractivity contribution in [1.29, 1.82) is 0 Å². The second-order valence-electron chi connectivity index (χ2n) is 5.19.